The van der Waals surface area contributed by atoms with Gasteiger partial charge in [-0.15, -0.1) is 0 Å². The number of nitrogens with one attached hydrogen (secondary N) is 1. The van der Waals surface area contributed by atoms with Crippen LogP contribution >= 0.6 is 0 Å². The third-order valence-electron chi connectivity index (χ3n) is 4.88. The molecule has 1 aliphatic rings. The standard InChI is InChI=1S/C20H22N6O3/c1-13(2)19-23-17(24-29-19)14-5-6-16(22-12-14)25-8-10-26(11-9-25)20(28)15-4-3-7-21-18(15)27/h3-7,12-13H,8-11H2,1-2H3,(H,21,27). The van der Waals surface area contributed by atoms with E-state index >= 15 is 0 Å². The van der Waals surface area contributed by atoms with Gasteiger partial charge in [-0.25, -0.2) is 4.98 Å². The number of pyridine rings is 2. The molecule has 9 nitrogen and oxygen atoms in total. The Hall–Kier alpha value is -3.49. The lowest BCUT2D eigenvalue weighted by Gasteiger charge is -2.35. The highest BCUT2D eigenvalue weighted by Gasteiger charge is 2.24. The van der Waals surface area contributed by atoms with Crippen molar-refractivity contribution in [1.82, 2.24) is 25.0 Å². The van der Waals surface area contributed by atoms with Crippen molar-refractivity contribution in [3.8, 4) is 11.4 Å². The van der Waals surface area contributed by atoms with Gasteiger partial charge in [0, 0.05) is 50.1 Å². The van der Waals surface area contributed by atoms with Gasteiger partial charge in [0.2, 0.25) is 11.7 Å². The second kappa shape index (κ2) is 7.86. The van der Waals surface area contributed by atoms with Gasteiger partial charge < -0.3 is 19.3 Å². The number of piperazine rings is 1. The lowest BCUT2D eigenvalue weighted by molar-refractivity contribution is 0.0744. The number of nitrogens with zero attached hydrogens (tertiary/aromatic N) is 5. The van der Waals surface area contributed by atoms with Crippen LogP contribution in [-0.4, -0.2) is 57.1 Å². The number of hydrogen-bond acceptors (Lipinski definition) is 7. The van der Waals surface area contributed by atoms with Crippen LogP contribution in [0.25, 0.3) is 11.4 Å². The van der Waals surface area contributed by atoms with E-state index in [1.807, 2.05) is 26.0 Å². The molecule has 4 rings (SSSR count). The number of rotatable bonds is 4. The highest BCUT2D eigenvalue weighted by atomic mass is 16.5. The molecule has 0 saturated carbocycles. The van der Waals surface area contributed by atoms with Gasteiger partial charge in [0.15, 0.2) is 0 Å². The van der Waals surface area contributed by atoms with Crippen molar-refractivity contribution in [2.45, 2.75) is 19.8 Å². The molecule has 1 amide bonds. The summed E-state index contributed by atoms with van der Waals surface area (Å²) in [5.41, 5.74) is 0.602. The normalized spacial score (nSPS) is 14.4. The molecular formula is C20H22N6O3. The lowest BCUT2D eigenvalue weighted by atomic mass is 10.2. The quantitative estimate of drug-likeness (QED) is 0.720. The molecular weight excluding hydrogens is 372 g/mol. The predicted molar refractivity (Wildman–Crippen MR) is 107 cm³/mol. The molecule has 0 atom stereocenters. The van der Waals surface area contributed by atoms with Crippen molar-refractivity contribution in [3.63, 3.8) is 0 Å². The van der Waals surface area contributed by atoms with Crippen molar-refractivity contribution in [2.24, 2.45) is 0 Å². The van der Waals surface area contributed by atoms with E-state index in [-0.39, 0.29) is 22.9 Å². The minimum absolute atomic E-state index is 0.171. The summed E-state index contributed by atoms with van der Waals surface area (Å²) < 4.78 is 5.24. The molecule has 3 aromatic heterocycles. The molecule has 0 unspecified atom stereocenters. The molecule has 150 valence electrons. The largest absolute Gasteiger partial charge is 0.353 e. The molecule has 0 spiro atoms. The molecule has 29 heavy (non-hydrogen) atoms. The Labute approximate surface area is 167 Å². The van der Waals surface area contributed by atoms with Crippen LogP contribution in [0.1, 0.15) is 36.0 Å². The zero-order valence-corrected chi connectivity index (χ0v) is 16.3. The van der Waals surface area contributed by atoms with E-state index in [4.69, 9.17) is 4.52 Å². The summed E-state index contributed by atoms with van der Waals surface area (Å²) in [5.74, 6) is 1.88. The van der Waals surface area contributed by atoms with Crippen LogP contribution < -0.4 is 10.5 Å². The smallest absolute Gasteiger partial charge is 0.260 e. The number of aromatic amines is 1. The molecule has 0 radical (unpaired) electrons. The Kier molecular flexibility index (Phi) is 5.11. The number of carbonyl (C=O) groups excluding carboxylic acids is 1. The fraction of sp³-hybridized carbons (Fsp3) is 0.350. The number of aromatic nitrogens is 4. The molecule has 0 aromatic carbocycles. The monoisotopic (exact) mass is 394 g/mol. The van der Waals surface area contributed by atoms with Gasteiger partial charge in [0.25, 0.3) is 11.5 Å². The van der Waals surface area contributed by atoms with Crippen molar-refractivity contribution in [3.05, 3.63) is 58.5 Å². The number of anilines is 1. The third-order valence-corrected chi connectivity index (χ3v) is 4.88. The Morgan fingerprint density at radius 1 is 1.17 bits per heavy atom. The van der Waals surface area contributed by atoms with Crippen LogP contribution in [0.3, 0.4) is 0 Å². The fourth-order valence-corrected chi connectivity index (χ4v) is 3.19. The van der Waals surface area contributed by atoms with Crippen LogP contribution in [0.2, 0.25) is 0 Å². The van der Waals surface area contributed by atoms with Crippen LogP contribution in [0.15, 0.2) is 46.0 Å². The van der Waals surface area contributed by atoms with Gasteiger partial charge in [0.1, 0.15) is 11.4 Å². The molecule has 4 heterocycles. The van der Waals surface area contributed by atoms with Gasteiger partial charge in [-0.1, -0.05) is 19.0 Å². The fourth-order valence-electron chi connectivity index (χ4n) is 3.19. The molecule has 1 saturated heterocycles. The predicted octanol–water partition coefficient (Wildman–Crippen LogP) is 1.91. The van der Waals surface area contributed by atoms with E-state index in [1.165, 1.54) is 6.20 Å². The first-order valence-corrected chi connectivity index (χ1v) is 9.55. The SMILES string of the molecule is CC(C)c1nc(-c2ccc(N3CCN(C(=O)c4ccc[nH]c4=O)CC3)nc2)no1. The number of hydrogen-bond donors (Lipinski definition) is 1. The second-order valence-electron chi connectivity index (χ2n) is 7.21. The Morgan fingerprint density at radius 2 is 1.97 bits per heavy atom. The van der Waals surface area contributed by atoms with Crippen LogP contribution in [0.4, 0.5) is 5.82 Å². The van der Waals surface area contributed by atoms with Crippen molar-refractivity contribution < 1.29 is 9.32 Å². The first-order valence-electron chi connectivity index (χ1n) is 9.55. The third kappa shape index (κ3) is 3.89. The van der Waals surface area contributed by atoms with Gasteiger partial charge in [-0.2, -0.15) is 4.98 Å². The number of carbonyl (C=O) groups is 1. The van der Waals surface area contributed by atoms with Gasteiger partial charge in [-0.05, 0) is 24.3 Å². The molecule has 1 aliphatic heterocycles. The molecule has 9 heteroatoms. The Morgan fingerprint density at radius 3 is 2.59 bits per heavy atom. The molecule has 0 aliphatic carbocycles. The van der Waals surface area contributed by atoms with E-state index in [0.29, 0.717) is 37.9 Å². The van der Waals surface area contributed by atoms with Gasteiger partial charge in [0.05, 0.1) is 0 Å². The zero-order valence-electron chi connectivity index (χ0n) is 16.3. The number of H-pyrrole nitrogens is 1. The van der Waals surface area contributed by atoms with Crippen LogP contribution in [-0.2, 0) is 0 Å². The van der Waals surface area contributed by atoms with E-state index < -0.39 is 0 Å². The maximum Gasteiger partial charge on any atom is 0.260 e. The summed E-state index contributed by atoms with van der Waals surface area (Å²) in [6.45, 7) is 6.33. The van der Waals surface area contributed by atoms with Crippen molar-refractivity contribution in [1.29, 1.82) is 0 Å². The van der Waals surface area contributed by atoms with Gasteiger partial charge >= 0.3 is 0 Å². The minimum atomic E-state index is -0.362. The average molecular weight is 394 g/mol. The summed E-state index contributed by atoms with van der Waals surface area (Å²) in [7, 11) is 0. The van der Waals surface area contributed by atoms with Crippen molar-refractivity contribution >= 4 is 11.7 Å². The summed E-state index contributed by atoms with van der Waals surface area (Å²) in [6, 6.07) is 7.04. The molecule has 3 aromatic rings. The summed E-state index contributed by atoms with van der Waals surface area (Å²) >= 11 is 0. The van der Waals surface area contributed by atoms with Crippen LogP contribution in [0.5, 0.6) is 0 Å². The number of amides is 1. The van der Waals surface area contributed by atoms with Crippen LogP contribution in [0, 0.1) is 0 Å². The summed E-state index contributed by atoms with van der Waals surface area (Å²) in [6.07, 6.45) is 3.25. The molecule has 1 N–H and O–H groups in total. The van der Waals surface area contributed by atoms with E-state index in [1.54, 1.807) is 23.2 Å². The van der Waals surface area contributed by atoms with Crippen molar-refractivity contribution in [2.75, 3.05) is 31.1 Å². The zero-order chi connectivity index (χ0) is 20.4. The average Bonchev–Trinajstić information content (AvgIpc) is 3.25. The van der Waals surface area contributed by atoms with Gasteiger partial charge in [-0.3, -0.25) is 9.59 Å². The molecule has 1 fully saturated rings. The summed E-state index contributed by atoms with van der Waals surface area (Å²) in [5, 5.41) is 4.00. The maximum atomic E-state index is 12.6. The molecule has 0 bridgehead atoms. The first kappa shape index (κ1) is 18.9. The second-order valence-corrected chi connectivity index (χ2v) is 7.21. The first-order chi connectivity index (χ1) is 14.0. The topological polar surface area (TPSA) is 108 Å². The van der Waals surface area contributed by atoms with E-state index in [0.717, 1.165) is 11.4 Å². The van der Waals surface area contributed by atoms with E-state index in [2.05, 4.69) is 25.0 Å². The highest BCUT2D eigenvalue weighted by Crippen LogP contribution is 2.21. The Bertz CT molecular complexity index is 1050. The summed E-state index contributed by atoms with van der Waals surface area (Å²) in [4.78, 5) is 39.7. The maximum absolute atomic E-state index is 12.6. The minimum Gasteiger partial charge on any atom is -0.353 e. The highest BCUT2D eigenvalue weighted by molar-refractivity contribution is 5.94. The van der Waals surface area contributed by atoms with E-state index in [9.17, 15) is 9.59 Å². The lowest BCUT2D eigenvalue weighted by Crippen LogP contribution is -2.49. The Balaban J connectivity index is 1.40.